The van der Waals surface area contributed by atoms with Gasteiger partial charge in [0.05, 0.1) is 0 Å². The highest BCUT2D eigenvalue weighted by molar-refractivity contribution is 7.89. The molecule has 2 aromatic carbocycles. The zero-order valence-corrected chi connectivity index (χ0v) is 20.9. The quantitative estimate of drug-likeness (QED) is 0.479. The van der Waals surface area contributed by atoms with Gasteiger partial charge in [0, 0.05) is 35.3 Å². The molecular weight excluding hydrogens is 493 g/mol. The zero-order chi connectivity index (χ0) is 25.2. The van der Waals surface area contributed by atoms with E-state index < -0.39 is 15.8 Å². The Balaban J connectivity index is 1.46. The van der Waals surface area contributed by atoms with Crippen LogP contribution in [0.5, 0.6) is 0 Å². The Hall–Kier alpha value is -3.01. The molecule has 7 nitrogen and oxygen atoms in total. The summed E-state index contributed by atoms with van der Waals surface area (Å²) in [6, 6.07) is 11.4. The minimum atomic E-state index is -3.93. The van der Waals surface area contributed by atoms with Crippen molar-refractivity contribution in [1.29, 1.82) is 0 Å². The summed E-state index contributed by atoms with van der Waals surface area (Å²) in [5, 5.41) is 7.32. The van der Waals surface area contributed by atoms with Gasteiger partial charge in [0.25, 0.3) is 0 Å². The van der Waals surface area contributed by atoms with Gasteiger partial charge in [0.1, 0.15) is 11.5 Å². The summed E-state index contributed by atoms with van der Waals surface area (Å²) in [5.41, 5.74) is 2.05. The lowest BCUT2D eigenvalue weighted by Gasteiger charge is -2.30. The largest absolute Gasteiger partial charge is 0.355 e. The third-order valence-corrected chi connectivity index (χ3v) is 8.31. The average molecular weight is 518 g/mol. The molecular formula is C25H25ClFN3O4S. The van der Waals surface area contributed by atoms with Crippen LogP contribution in [-0.4, -0.2) is 36.9 Å². The zero-order valence-electron chi connectivity index (χ0n) is 19.3. The number of sulfonamides is 1. The van der Waals surface area contributed by atoms with Crippen molar-refractivity contribution in [2.45, 2.75) is 31.6 Å². The Morgan fingerprint density at radius 3 is 2.57 bits per heavy atom. The lowest BCUT2D eigenvalue weighted by atomic mass is 9.97. The van der Waals surface area contributed by atoms with Gasteiger partial charge in [-0.1, -0.05) is 35.0 Å². The fourth-order valence-corrected chi connectivity index (χ4v) is 6.01. The maximum Gasteiger partial charge on any atom is 0.248 e. The van der Waals surface area contributed by atoms with E-state index in [9.17, 15) is 17.6 Å². The number of aryl methyl sites for hydroxylation is 2. The van der Waals surface area contributed by atoms with Gasteiger partial charge >= 0.3 is 0 Å². The van der Waals surface area contributed by atoms with Gasteiger partial charge in [-0.2, -0.15) is 4.31 Å². The SMILES string of the molecule is Cc1cc(Cl)ccc1NC(=O)C1CCN(S(=O)(=O)c2c(C)noc2C=Cc2ccccc2F)CC1. The van der Waals surface area contributed by atoms with Crippen molar-refractivity contribution in [3.8, 4) is 0 Å². The van der Waals surface area contributed by atoms with Gasteiger partial charge in [0.15, 0.2) is 10.7 Å². The second-order valence-electron chi connectivity index (χ2n) is 8.44. The molecule has 1 N–H and O–H groups in total. The lowest BCUT2D eigenvalue weighted by molar-refractivity contribution is -0.120. The van der Waals surface area contributed by atoms with Crippen LogP contribution in [0.4, 0.5) is 10.1 Å². The predicted octanol–water partition coefficient (Wildman–Crippen LogP) is 5.29. The normalized spacial score (nSPS) is 15.5. The first-order valence-corrected chi connectivity index (χ1v) is 12.9. The van der Waals surface area contributed by atoms with E-state index in [1.807, 2.05) is 6.92 Å². The number of amides is 1. The van der Waals surface area contributed by atoms with E-state index in [4.69, 9.17) is 16.1 Å². The van der Waals surface area contributed by atoms with Crippen molar-refractivity contribution in [1.82, 2.24) is 9.46 Å². The van der Waals surface area contributed by atoms with Gasteiger partial charge in [-0.15, -0.1) is 0 Å². The Bertz CT molecular complexity index is 1380. The van der Waals surface area contributed by atoms with Crippen LogP contribution in [0, 0.1) is 25.6 Å². The molecule has 10 heteroatoms. The molecule has 1 aromatic heterocycles. The molecule has 0 unspecified atom stereocenters. The summed E-state index contributed by atoms with van der Waals surface area (Å²) in [6.45, 7) is 3.77. The van der Waals surface area contributed by atoms with Crippen LogP contribution in [0.1, 0.15) is 35.4 Å². The lowest BCUT2D eigenvalue weighted by Crippen LogP contribution is -2.41. The molecule has 2 heterocycles. The Morgan fingerprint density at radius 1 is 1.17 bits per heavy atom. The fourth-order valence-electron chi connectivity index (χ4n) is 4.06. The Morgan fingerprint density at radius 2 is 1.89 bits per heavy atom. The van der Waals surface area contributed by atoms with Crippen molar-refractivity contribution in [2.75, 3.05) is 18.4 Å². The topological polar surface area (TPSA) is 92.5 Å². The summed E-state index contributed by atoms with van der Waals surface area (Å²) in [6.07, 6.45) is 3.61. The second-order valence-corrected chi connectivity index (χ2v) is 10.8. The van der Waals surface area contributed by atoms with E-state index >= 15 is 0 Å². The number of hydrogen-bond donors (Lipinski definition) is 1. The van der Waals surface area contributed by atoms with E-state index in [1.54, 1.807) is 43.3 Å². The molecule has 0 spiro atoms. The predicted molar refractivity (Wildman–Crippen MR) is 133 cm³/mol. The van der Waals surface area contributed by atoms with Crippen molar-refractivity contribution in [3.05, 3.63) is 75.9 Å². The molecule has 1 fully saturated rings. The molecule has 1 saturated heterocycles. The van der Waals surface area contributed by atoms with E-state index in [0.717, 1.165) is 5.56 Å². The number of nitrogens with one attached hydrogen (secondary N) is 1. The Labute approximate surface area is 208 Å². The number of anilines is 1. The maximum absolute atomic E-state index is 13.9. The number of piperidine rings is 1. The number of rotatable bonds is 6. The highest BCUT2D eigenvalue weighted by Gasteiger charge is 2.36. The number of benzene rings is 2. The molecule has 1 amide bonds. The molecule has 0 aliphatic carbocycles. The summed E-state index contributed by atoms with van der Waals surface area (Å²) in [4.78, 5) is 12.7. The van der Waals surface area contributed by atoms with Crippen molar-refractivity contribution < 1.29 is 22.1 Å². The van der Waals surface area contributed by atoms with E-state index in [2.05, 4.69) is 10.5 Å². The molecule has 0 bridgehead atoms. The summed E-state index contributed by atoms with van der Waals surface area (Å²) in [7, 11) is -3.93. The summed E-state index contributed by atoms with van der Waals surface area (Å²) < 4.78 is 47.4. The second kappa shape index (κ2) is 10.3. The molecule has 35 heavy (non-hydrogen) atoms. The average Bonchev–Trinajstić information content (AvgIpc) is 3.21. The van der Waals surface area contributed by atoms with Crippen molar-refractivity contribution in [3.63, 3.8) is 0 Å². The highest BCUT2D eigenvalue weighted by Crippen LogP contribution is 2.30. The minimum Gasteiger partial charge on any atom is -0.355 e. The van der Waals surface area contributed by atoms with E-state index in [-0.39, 0.29) is 41.3 Å². The number of carbonyl (C=O) groups is 1. The molecule has 184 valence electrons. The van der Waals surface area contributed by atoms with Gasteiger partial charge < -0.3 is 9.84 Å². The first kappa shape index (κ1) is 25.1. The van der Waals surface area contributed by atoms with Gasteiger partial charge in [0.2, 0.25) is 15.9 Å². The Kier molecular flexibility index (Phi) is 7.39. The molecule has 1 aliphatic rings. The van der Waals surface area contributed by atoms with Crippen LogP contribution < -0.4 is 5.32 Å². The van der Waals surface area contributed by atoms with Gasteiger partial charge in [-0.05, 0) is 68.7 Å². The standard InChI is InChI=1S/C25H25ClFN3O4S/c1-16-15-20(26)8-9-22(16)28-25(31)19-11-13-30(14-12-19)35(32,33)24-17(2)29-34-23(24)10-7-18-5-3-4-6-21(18)27/h3-10,15,19H,11-14H2,1-2H3,(H,28,31). The first-order chi connectivity index (χ1) is 16.7. The molecule has 1 aliphatic heterocycles. The molecule has 3 aromatic rings. The molecule has 0 saturated carbocycles. The molecule has 4 rings (SSSR count). The van der Waals surface area contributed by atoms with Crippen molar-refractivity contribution in [2.24, 2.45) is 5.92 Å². The number of carbonyl (C=O) groups excluding carboxylic acids is 1. The number of aromatic nitrogens is 1. The van der Waals surface area contributed by atoms with Crippen LogP contribution in [0.15, 0.2) is 51.9 Å². The number of halogens is 2. The van der Waals surface area contributed by atoms with E-state index in [0.29, 0.717) is 29.1 Å². The maximum atomic E-state index is 13.9. The van der Waals surface area contributed by atoms with Gasteiger partial charge in [-0.25, -0.2) is 12.8 Å². The summed E-state index contributed by atoms with van der Waals surface area (Å²) >= 11 is 5.98. The smallest absolute Gasteiger partial charge is 0.248 e. The fraction of sp³-hybridized carbons (Fsp3) is 0.280. The van der Waals surface area contributed by atoms with Crippen LogP contribution in [0.25, 0.3) is 12.2 Å². The highest BCUT2D eigenvalue weighted by atomic mass is 35.5. The number of nitrogens with zero attached hydrogens (tertiary/aromatic N) is 2. The molecule has 0 atom stereocenters. The third kappa shape index (κ3) is 5.47. The summed E-state index contributed by atoms with van der Waals surface area (Å²) in [5.74, 6) is -0.870. The number of hydrogen-bond acceptors (Lipinski definition) is 5. The third-order valence-electron chi connectivity index (χ3n) is 6.02. The van der Waals surface area contributed by atoms with E-state index in [1.165, 1.54) is 22.5 Å². The van der Waals surface area contributed by atoms with Crippen LogP contribution in [-0.2, 0) is 14.8 Å². The monoisotopic (exact) mass is 517 g/mol. The van der Waals surface area contributed by atoms with Crippen molar-refractivity contribution >= 4 is 45.4 Å². The van der Waals surface area contributed by atoms with Crippen LogP contribution in [0.3, 0.4) is 0 Å². The molecule has 0 radical (unpaired) electrons. The van der Waals surface area contributed by atoms with Crippen LogP contribution in [0.2, 0.25) is 5.02 Å². The first-order valence-electron chi connectivity index (χ1n) is 11.1. The van der Waals surface area contributed by atoms with Crippen LogP contribution >= 0.6 is 11.6 Å². The van der Waals surface area contributed by atoms with Gasteiger partial charge in [-0.3, -0.25) is 4.79 Å². The minimum absolute atomic E-state index is 0.0313.